The fourth-order valence-electron chi connectivity index (χ4n) is 2.72. The number of thiazole rings is 1. The maximum atomic E-state index is 12.5. The number of alkyl halides is 2. The average Bonchev–Trinajstić information content (AvgIpc) is 3.16. The van der Waals surface area contributed by atoms with Crippen molar-refractivity contribution in [3.05, 3.63) is 65.2 Å². The number of aromatic nitrogens is 1. The zero-order valence-corrected chi connectivity index (χ0v) is 16.5. The molecule has 2 aromatic carbocycles. The summed E-state index contributed by atoms with van der Waals surface area (Å²) in [5.74, 6) is 0.536. The molecule has 0 saturated heterocycles. The van der Waals surface area contributed by atoms with Crippen LogP contribution in [0, 0.1) is 0 Å². The van der Waals surface area contributed by atoms with Gasteiger partial charge < -0.3 is 14.8 Å². The molecule has 0 unspecified atom stereocenters. The van der Waals surface area contributed by atoms with Crippen LogP contribution in [0.25, 0.3) is 10.6 Å². The first-order valence-electron chi connectivity index (χ1n) is 9.02. The van der Waals surface area contributed by atoms with Gasteiger partial charge in [0.1, 0.15) is 16.5 Å². The van der Waals surface area contributed by atoms with E-state index in [1.54, 1.807) is 18.2 Å². The van der Waals surface area contributed by atoms with Crippen molar-refractivity contribution in [1.29, 1.82) is 0 Å². The lowest BCUT2D eigenvalue weighted by atomic mass is 10.2. The van der Waals surface area contributed by atoms with Crippen LogP contribution in [0.5, 0.6) is 11.5 Å². The van der Waals surface area contributed by atoms with Crippen LogP contribution in [0.3, 0.4) is 0 Å². The number of benzene rings is 2. The van der Waals surface area contributed by atoms with E-state index in [2.05, 4.69) is 15.0 Å². The number of carbonyl (C=O) groups excluding carboxylic acids is 1. The van der Waals surface area contributed by atoms with E-state index in [4.69, 9.17) is 4.74 Å². The van der Waals surface area contributed by atoms with Crippen LogP contribution in [-0.2, 0) is 17.8 Å². The van der Waals surface area contributed by atoms with Gasteiger partial charge in [-0.15, -0.1) is 11.3 Å². The van der Waals surface area contributed by atoms with Crippen LogP contribution in [0.15, 0.2) is 53.9 Å². The number of nitrogens with one attached hydrogen (secondary N) is 1. The summed E-state index contributed by atoms with van der Waals surface area (Å²) < 4.78 is 35.1. The maximum Gasteiger partial charge on any atom is 0.387 e. The van der Waals surface area contributed by atoms with E-state index in [9.17, 15) is 13.6 Å². The fourth-order valence-corrected chi connectivity index (χ4v) is 3.57. The highest BCUT2D eigenvalue weighted by Gasteiger charge is 2.14. The Labute approximate surface area is 171 Å². The van der Waals surface area contributed by atoms with Crippen LogP contribution in [0.2, 0.25) is 0 Å². The molecular formula is C21H20F2N2O3S. The summed E-state index contributed by atoms with van der Waals surface area (Å²) in [5.41, 5.74) is 1.99. The van der Waals surface area contributed by atoms with Crippen molar-refractivity contribution in [2.24, 2.45) is 0 Å². The van der Waals surface area contributed by atoms with Crippen molar-refractivity contribution < 1.29 is 23.0 Å². The van der Waals surface area contributed by atoms with Gasteiger partial charge in [-0.25, -0.2) is 4.98 Å². The third-order valence-corrected chi connectivity index (χ3v) is 4.90. The van der Waals surface area contributed by atoms with Crippen molar-refractivity contribution in [1.82, 2.24) is 10.3 Å². The molecule has 1 N–H and O–H groups in total. The fraction of sp³-hybridized carbons (Fsp3) is 0.238. The van der Waals surface area contributed by atoms with Crippen LogP contribution < -0.4 is 14.8 Å². The Morgan fingerprint density at radius 1 is 1.14 bits per heavy atom. The molecule has 0 bridgehead atoms. The van der Waals surface area contributed by atoms with E-state index in [1.165, 1.54) is 17.4 Å². The predicted molar refractivity (Wildman–Crippen MR) is 107 cm³/mol. The van der Waals surface area contributed by atoms with Gasteiger partial charge in [-0.2, -0.15) is 8.78 Å². The van der Waals surface area contributed by atoms with Crippen molar-refractivity contribution >= 4 is 17.2 Å². The third-order valence-electron chi connectivity index (χ3n) is 3.98. The number of ether oxygens (including phenoxy) is 2. The maximum absolute atomic E-state index is 12.5. The Kier molecular flexibility index (Phi) is 7.13. The minimum atomic E-state index is -2.92. The topological polar surface area (TPSA) is 60.5 Å². The lowest BCUT2D eigenvalue weighted by Gasteiger charge is -2.11. The quantitative estimate of drug-likeness (QED) is 0.549. The van der Waals surface area contributed by atoms with Gasteiger partial charge in [-0.1, -0.05) is 30.3 Å². The molecule has 5 nitrogen and oxygen atoms in total. The second-order valence-corrected chi connectivity index (χ2v) is 6.87. The number of para-hydroxylation sites is 2. The Morgan fingerprint density at radius 2 is 1.86 bits per heavy atom. The van der Waals surface area contributed by atoms with E-state index < -0.39 is 6.61 Å². The van der Waals surface area contributed by atoms with Gasteiger partial charge in [0.2, 0.25) is 5.91 Å². The Balaban J connectivity index is 1.62. The molecule has 8 heteroatoms. The summed E-state index contributed by atoms with van der Waals surface area (Å²) in [5, 5.41) is 5.31. The highest BCUT2D eigenvalue weighted by Crippen LogP contribution is 2.32. The highest BCUT2D eigenvalue weighted by atomic mass is 32.1. The van der Waals surface area contributed by atoms with Crippen LogP contribution in [0.4, 0.5) is 8.78 Å². The molecule has 152 valence electrons. The van der Waals surface area contributed by atoms with E-state index >= 15 is 0 Å². The molecule has 1 heterocycles. The number of rotatable bonds is 9. The molecule has 3 aromatic rings. The van der Waals surface area contributed by atoms with Crippen LogP contribution in [-0.4, -0.2) is 24.1 Å². The van der Waals surface area contributed by atoms with Gasteiger partial charge in [-0.05, 0) is 25.1 Å². The molecule has 29 heavy (non-hydrogen) atoms. The number of carbonyl (C=O) groups is 1. The lowest BCUT2D eigenvalue weighted by Crippen LogP contribution is -2.25. The molecule has 1 aromatic heterocycles. The molecule has 0 radical (unpaired) electrons. The molecule has 1 amide bonds. The molecular weight excluding hydrogens is 398 g/mol. The summed E-state index contributed by atoms with van der Waals surface area (Å²) in [6.07, 6.45) is 0.0885. The molecule has 3 rings (SSSR count). The van der Waals surface area contributed by atoms with Gasteiger partial charge in [-0.3, -0.25) is 4.79 Å². The first kappa shape index (κ1) is 20.7. The first-order chi connectivity index (χ1) is 14.1. The third kappa shape index (κ3) is 5.74. The monoisotopic (exact) mass is 418 g/mol. The minimum absolute atomic E-state index is 0.0475. The van der Waals surface area contributed by atoms with E-state index in [-0.39, 0.29) is 24.6 Å². The number of hydrogen-bond acceptors (Lipinski definition) is 5. The van der Waals surface area contributed by atoms with Gasteiger partial charge in [0, 0.05) is 17.5 Å². The molecule has 0 fully saturated rings. The number of halogens is 2. The standard InChI is InChI=1S/C21H20F2N2O3S/c1-2-27-18-10-6-4-8-16(18)20-25-15(13-29-20)11-19(26)24-12-14-7-3-5-9-17(14)28-21(22)23/h3-10,13,21H,2,11-12H2,1H3,(H,24,26). The second-order valence-electron chi connectivity index (χ2n) is 6.01. The highest BCUT2D eigenvalue weighted by molar-refractivity contribution is 7.13. The Bertz CT molecular complexity index is 962. The lowest BCUT2D eigenvalue weighted by molar-refractivity contribution is -0.120. The Morgan fingerprint density at radius 3 is 2.62 bits per heavy atom. The van der Waals surface area contributed by atoms with Crippen molar-refractivity contribution in [2.75, 3.05) is 6.61 Å². The normalized spacial score (nSPS) is 10.8. The SMILES string of the molecule is CCOc1ccccc1-c1nc(CC(=O)NCc2ccccc2OC(F)F)cs1. The smallest absolute Gasteiger partial charge is 0.387 e. The van der Waals surface area contributed by atoms with Crippen molar-refractivity contribution in [3.8, 4) is 22.1 Å². The number of amides is 1. The molecule has 0 aliphatic carbocycles. The van der Waals surface area contributed by atoms with Gasteiger partial charge >= 0.3 is 6.61 Å². The zero-order valence-electron chi connectivity index (χ0n) is 15.7. The first-order valence-corrected chi connectivity index (χ1v) is 9.90. The van der Waals surface area contributed by atoms with Crippen LogP contribution >= 0.6 is 11.3 Å². The van der Waals surface area contributed by atoms with E-state index in [1.807, 2.05) is 36.6 Å². The van der Waals surface area contributed by atoms with E-state index in [0.29, 0.717) is 17.9 Å². The van der Waals surface area contributed by atoms with Crippen molar-refractivity contribution in [3.63, 3.8) is 0 Å². The molecule has 0 spiro atoms. The van der Waals surface area contributed by atoms with Gasteiger partial charge in [0.25, 0.3) is 0 Å². The zero-order chi connectivity index (χ0) is 20.6. The summed E-state index contributed by atoms with van der Waals surface area (Å²) in [4.78, 5) is 16.8. The molecule has 0 aliphatic rings. The number of nitrogens with zero attached hydrogens (tertiary/aromatic N) is 1. The Hall–Kier alpha value is -3.00. The minimum Gasteiger partial charge on any atom is -0.493 e. The van der Waals surface area contributed by atoms with Crippen LogP contribution in [0.1, 0.15) is 18.2 Å². The average molecular weight is 418 g/mol. The second kappa shape index (κ2) is 9.97. The molecule has 0 aliphatic heterocycles. The van der Waals surface area contributed by atoms with Gasteiger partial charge in [0.15, 0.2) is 0 Å². The predicted octanol–water partition coefficient (Wildman–Crippen LogP) is 4.67. The molecule has 0 saturated carbocycles. The van der Waals surface area contributed by atoms with E-state index in [0.717, 1.165) is 16.3 Å². The largest absolute Gasteiger partial charge is 0.493 e. The summed E-state index contributed by atoms with van der Waals surface area (Å²) in [6, 6.07) is 14.0. The summed E-state index contributed by atoms with van der Waals surface area (Å²) in [6.45, 7) is -0.362. The van der Waals surface area contributed by atoms with Gasteiger partial charge in [0.05, 0.1) is 24.3 Å². The molecule has 0 atom stereocenters. The summed E-state index contributed by atoms with van der Waals surface area (Å²) >= 11 is 1.43. The van der Waals surface area contributed by atoms with Crippen molar-refractivity contribution in [2.45, 2.75) is 26.5 Å². The summed E-state index contributed by atoms with van der Waals surface area (Å²) in [7, 11) is 0. The number of hydrogen-bond donors (Lipinski definition) is 1.